The fourth-order valence-electron chi connectivity index (χ4n) is 3.01. The number of hydrogen-bond donors (Lipinski definition) is 1. The highest BCUT2D eigenvalue weighted by molar-refractivity contribution is 5.79. The fourth-order valence-corrected chi connectivity index (χ4v) is 3.01. The normalized spacial score (nSPS) is 12.1. The van der Waals surface area contributed by atoms with E-state index in [-0.39, 0.29) is 17.4 Å². The van der Waals surface area contributed by atoms with Crippen LogP contribution in [0.5, 0.6) is 0 Å². The van der Waals surface area contributed by atoms with Crippen molar-refractivity contribution in [3.05, 3.63) is 76.1 Å². The van der Waals surface area contributed by atoms with Crippen molar-refractivity contribution >= 4 is 16.8 Å². The van der Waals surface area contributed by atoms with Crippen LogP contribution in [0.4, 0.5) is 0 Å². The van der Waals surface area contributed by atoms with Gasteiger partial charge in [0.25, 0.3) is 0 Å². The fraction of sp³-hybridized carbons (Fsp3) is 0.250. The molecule has 25 heavy (non-hydrogen) atoms. The van der Waals surface area contributed by atoms with Gasteiger partial charge >= 0.3 is 0 Å². The number of aryl methyl sites for hydroxylation is 2. The molecule has 3 rings (SSSR count). The molecule has 0 radical (unpaired) electrons. The van der Waals surface area contributed by atoms with Gasteiger partial charge in [-0.1, -0.05) is 36.4 Å². The molecule has 0 saturated heterocycles. The summed E-state index contributed by atoms with van der Waals surface area (Å²) in [6.07, 6.45) is 1.60. The summed E-state index contributed by atoms with van der Waals surface area (Å²) in [6.45, 7) is 4.44. The Balaban J connectivity index is 1.68. The molecule has 0 aliphatic carbocycles. The van der Waals surface area contributed by atoms with Gasteiger partial charge in [0.2, 0.25) is 11.3 Å². The number of nitrogens with zero attached hydrogens (tertiary/aromatic N) is 2. The van der Waals surface area contributed by atoms with E-state index >= 15 is 0 Å². The Morgan fingerprint density at radius 2 is 1.88 bits per heavy atom. The Kier molecular flexibility index (Phi) is 4.93. The molecule has 1 N–H and O–H groups in total. The average Bonchev–Trinajstić information content (AvgIpc) is 2.61. The topological polar surface area (TPSA) is 64.0 Å². The first-order valence-electron chi connectivity index (χ1n) is 8.36. The Hall–Kier alpha value is -2.95. The van der Waals surface area contributed by atoms with Gasteiger partial charge < -0.3 is 5.32 Å². The second kappa shape index (κ2) is 7.30. The van der Waals surface area contributed by atoms with Crippen LogP contribution in [0, 0.1) is 6.92 Å². The Morgan fingerprint density at radius 1 is 1.16 bits per heavy atom. The third-order valence-electron chi connectivity index (χ3n) is 4.35. The highest BCUT2D eigenvalue weighted by Crippen LogP contribution is 2.16. The molecule has 0 saturated carbocycles. The van der Waals surface area contributed by atoms with Crippen LogP contribution in [0.2, 0.25) is 0 Å². The third kappa shape index (κ3) is 3.76. The minimum Gasteiger partial charge on any atom is -0.350 e. The van der Waals surface area contributed by atoms with Gasteiger partial charge in [-0.25, -0.2) is 0 Å². The summed E-state index contributed by atoms with van der Waals surface area (Å²) in [7, 11) is 0. The molecule has 0 spiro atoms. The molecule has 2 aromatic carbocycles. The summed E-state index contributed by atoms with van der Waals surface area (Å²) in [5, 5.41) is 7.80. The van der Waals surface area contributed by atoms with Crippen molar-refractivity contribution in [2.24, 2.45) is 0 Å². The standard InChI is InChI=1S/C20H21N3O2/c1-14-7-3-4-8-16(14)15(2)22-20(25)11-12-23-18-10-6-5-9-17(18)19(24)13-21-23/h3-10,13,15H,11-12H2,1-2H3,(H,22,25)/t15-/m0/s1. The van der Waals surface area contributed by atoms with Crippen molar-refractivity contribution in [2.45, 2.75) is 32.9 Å². The zero-order chi connectivity index (χ0) is 17.8. The lowest BCUT2D eigenvalue weighted by atomic mass is 10.0. The number of para-hydroxylation sites is 1. The van der Waals surface area contributed by atoms with Crippen LogP contribution in [0.1, 0.15) is 30.5 Å². The van der Waals surface area contributed by atoms with Crippen LogP contribution < -0.4 is 10.7 Å². The molecular formula is C20H21N3O2. The maximum atomic E-state index is 12.3. The van der Waals surface area contributed by atoms with E-state index in [2.05, 4.69) is 10.4 Å². The average molecular weight is 335 g/mol. The molecule has 0 aliphatic rings. The molecule has 1 aromatic heterocycles. The second-order valence-corrected chi connectivity index (χ2v) is 6.14. The predicted molar refractivity (Wildman–Crippen MR) is 98.4 cm³/mol. The SMILES string of the molecule is Cc1ccccc1[C@H](C)NC(=O)CCn1ncc(=O)c2ccccc21. The van der Waals surface area contributed by atoms with Crippen molar-refractivity contribution in [1.82, 2.24) is 15.1 Å². The van der Waals surface area contributed by atoms with Gasteiger partial charge in [0.05, 0.1) is 24.3 Å². The first-order chi connectivity index (χ1) is 12.1. The minimum absolute atomic E-state index is 0.0414. The molecule has 5 nitrogen and oxygen atoms in total. The van der Waals surface area contributed by atoms with Gasteiger partial charge in [0.1, 0.15) is 0 Å². The van der Waals surface area contributed by atoms with Crippen LogP contribution >= 0.6 is 0 Å². The lowest BCUT2D eigenvalue weighted by molar-refractivity contribution is -0.122. The zero-order valence-corrected chi connectivity index (χ0v) is 14.4. The molecule has 0 fully saturated rings. The van der Waals surface area contributed by atoms with Crippen LogP contribution in [-0.4, -0.2) is 15.7 Å². The minimum atomic E-state index is -0.107. The van der Waals surface area contributed by atoms with Crippen molar-refractivity contribution in [3.8, 4) is 0 Å². The summed E-state index contributed by atoms with van der Waals surface area (Å²) in [5.74, 6) is -0.0414. The van der Waals surface area contributed by atoms with E-state index in [9.17, 15) is 9.59 Å². The molecule has 1 atom stereocenters. The molecule has 128 valence electrons. The summed E-state index contributed by atoms with van der Waals surface area (Å²) >= 11 is 0. The molecule has 5 heteroatoms. The number of benzene rings is 2. The largest absolute Gasteiger partial charge is 0.350 e. The summed E-state index contributed by atoms with van der Waals surface area (Å²) in [5.41, 5.74) is 2.91. The number of rotatable bonds is 5. The Labute approximate surface area is 146 Å². The Morgan fingerprint density at radius 3 is 2.68 bits per heavy atom. The van der Waals surface area contributed by atoms with Crippen molar-refractivity contribution in [2.75, 3.05) is 0 Å². The molecule has 0 bridgehead atoms. The van der Waals surface area contributed by atoms with E-state index in [1.54, 1.807) is 10.7 Å². The van der Waals surface area contributed by atoms with Crippen LogP contribution in [0.15, 0.2) is 59.5 Å². The zero-order valence-electron chi connectivity index (χ0n) is 14.4. The van der Waals surface area contributed by atoms with Gasteiger partial charge in [-0.05, 0) is 37.1 Å². The monoisotopic (exact) mass is 335 g/mol. The molecular weight excluding hydrogens is 314 g/mol. The number of amides is 1. The third-order valence-corrected chi connectivity index (χ3v) is 4.35. The highest BCUT2D eigenvalue weighted by atomic mass is 16.1. The van der Waals surface area contributed by atoms with Gasteiger partial charge in [0.15, 0.2) is 0 Å². The Bertz CT molecular complexity index is 962. The lowest BCUT2D eigenvalue weighted by Gasteiger charge is -2.17. The van der Waals surface area contributed by atoms with Crippen LogP contribution in [0.3, 0.4) is 0 Å². The number of nitrogens with one attached hydrogen (secondary N) is 1. The quantitative estimate of drug-likeness (QED) is 0.779. The first kappa shape index (κ1) is 16.9. The molecule has 1 heterocycles. The molecule has 0 unspecified atom stereocenters. The van der Waals surface area contributed by atoms with Crippen molar-refractivity contribution < 1.29 is 4.79 Å². The van der Waals surface area contributed by atoms with Gasteiger partial charge in [-0.3, -0.25) is 14.3 Å². The smallest absolute Gasteiger partial charge is 0.222 e. The summed E-state index contributed by atoms with van der Waals surface area (Å²) in [6, 6.07) is 15.3. The second-order valence-electron chi connectivity index (χ2n) is 6.14. The van der Waals surface area contributed by atoms with Gasteiger partial charge in [0, 0.05) is 11.8 Å². The van der Waals surface area contributed by atoms with Crippen molar-refractivity contribution in [3.63, 3.8) is 0 Å². The number of aromatic nitrogens is 2. The van der Waals surface area contributed by atoms with E-state index in [0.717, 1.165) is 16.6 Å². The number of hydrogen-bond acceptors (Lipinski definition) is 3. The maximum Gasteiger partial charge on any atom is 0.222 e. The molecule has 1 amide bonds. The molecule has 3 aromatic rings. The van der Waals surface area contributed by atoms with Crippen molar-refractivity contribution in [1.29, 1.82) is 0 Å². The highest BCUT2D eigenvalue weighted by Gasteiger charge is 2.12. The number of fused-ring (bicyclic) bond motifs is 1. The van der Waals surface area contributed by atoms with Gasteiger partial charge in [-0.15, -0.1) is 0 Å². The molecule has 0 aliphatic heterocycles. The van der Waals surface area contributed by atoms with Crippen LogP contribution in [0.25, 0.3) is 10.9 Å². The maximum absolute atomic E-state index is 12.3. The van der Waals surface area contributed by atoms with E-state index < -0.39 is 0 Å². The van der Waals surface area contributed by atoms with E-state index in [1.165, 1.54) is 6.20 Å². The van der Waals surface area contributed by atoms with E-state index in [0.29, 0.717) is 18.4 Å². The van der Waals surface area contributed by atoms with Crippen LogP contribution in [-0.2, 0) is 11.3 Å². The lowest BCUT2D eigenvalue weighted by Crippen LogP contribution is -2.28. The summed E-state index contributed by atoms with van der Waals surface area (Å²) in [4.78, 5) is 24.1. The number of carbonyl (C=O) groups is 1. The summed E-state index contributed by atoms with van der Waals surface area (Å²) < 4.78 is 1.70. The van der Waals surface area contributed by atoms with E-state index in [4.69, 9.17) is 0 Å². The number of carbonyl (C=O) groups excluding carboxylic acids is 1. The predicted octanol–water partition coefficient (Wildman–Crippen LogP) is 2.97. The van der Waals surface area contributed by atoms with E-state index in [1.807, 2.05) is 56.3 Å². The van der Waals surface area contributed by atoms with Gasteiger partial charge in [-0.2, -0.15) is 5.10 Å². The first-order valence-corrected chi connectivity index (χ1v) is 8.36.